The van der Waals surface area contributed by atoms with Crippen molar-refractivity contribution < 1.29 is 9.47 Å². The van der Waals surface area contributed by atoms with Gasteiger partial charge in [-0.25, -0.2) is 0 Å². The zero-order valence-corrected chi connectivity index (χ0v) is 11.7. The maximum atomic E-state index is 5.56. The molecule has 1 fully saturated rings. The zero-order chi connectivity index (χ0) is 13.2. The molecular weight excluding hydrogens is 226 g/mol. The molecule has 1 aliphatic heterocycles. The van der Waals surface area contributed by atoms with Crippen LogP contribution in [-0.4, -0.2) is 20.8 Å². The van der Waals surface area contributed by atoms with E-state index < -0.39 is 0 Å². The highest BCUT2D eigenvalue weighted by atomic mass is 16.5. The molecule has 1 saturated heterocycles. The van der Waals surface area contributed by atoms with Crippen molar-refractivity contribution in [2.45, 2.75) is 32.2 Å². The van der Waals surface area contributed by atoms with Crippen molar-refractivity contribution in [2.75, 3.05) is 20.8 Å². The van der Waals surface area contributed by atoms with Crippen LogP contribution < -0.4 is 14.8 Å². The van der Waals surface area contributed by atoms with Crippen LogP contribution in [0.5, 0.6) is 11.5 Å². The van der Waals surface area contributed by atoms with Crippen LogP contribution in [0.3, 0.4) is 0 Å². The SMILES string of the molecule is COc1ccc(C2(C(C)C)CCCN2)c(OC)c1. The van der Waals surface area contributed by atoms with Gasteiger partial charge in [0.1, 0.15) is 11.5 Å². The zero-order valence-electron chi connectivity index (χ0n) is 11.7. The van der Waals surface area contributed by atoms with Crippen LogP contribution in [0.15, 0.2) is 18.2 Å². The summed E-state index contributed by atoms with van der Waals surface area (Å²) in [6.07, 6.45) is 2.38. The molecule has 1 atom stereocenters. The lowest BCUT2D eigenvalue weighted by atomic mass is 9.78. The molecule has 1 N–H and O–H groups in total. The third-order valence-electron chi connectivity index (χ3n) is 4.06. The minimum atomic E-state index is 0.0393. The minimum Gasteiger partial charge on any atom is -0.497 e. The topological polar surface area (TPSA) is 30.5 Å². The van der Waals surface area contributed by atoms with Crippen molar-refractivity contribution in [3.05, 3.63) is 23.8 Å². The predicted molar refractivity (Wildman–Crippen MR) is 73.3 cm³/mol. The van der Waals surface area contributed by atoms with Crippen molar-refractivity contribution in [1.29, 1.82) is 0 Å². The number of hydrogen-bond donors (Lipinski definition) is 1. The van der Waals surface area contributed by atoms with E-state index in [1.54, 1.807) is 14.2 Å². The van der Waals surface area contributed by atoms with Crippen molar-refractivity contribution in [3.8, 4) is 11.5 Å². The van der Waals surface area contributed by atoms with Gasteiger partial charge in [0, 0.05) is 17.2 Å². The molecule has 2 rings (SSSR count). The molecule has 0 aromatic heterocycles. The summed E-state index contributed by atoms with van der Waals surface area (Å²) in [5, 5.41) is 3.68. The van der Waals surface area contributed by atoms with Gasteiger partial charge in [0.2, 0.25) is 0 Å². The fourth-order valence-electron chi connectivity index (χ4n) is 2.97. The largest absolute Gasteiger partial charge is 0.497 e. The first kappa shape index (κ1) is 13.2. The average Bonchev–Trinajstić information content (AvgIpc) is 2.88. The van der Waals surface area contributed by atoms with E-state index in [-0.39, 0.29) is 5.54 Å². The lowest BCUT2D eigenvalue weighted by molar-refractivity contribution is 0.264. The monoisotopic (exact) mass is 249 g/mol. The highest BCUT2D eigenvalue weighted by Crippen LogP contribution is 2.43. The third-order valence-corrected chi connectivity index (χ3v) is 4.06. The Balaban J connectivity index is 2.48. The van der Waals surface area contributed by atoms with E-state index in [4.69, 9.17) is 9.47 Å². The molecule has 100 valence electrons. The first-order valence-corrected chi connectivity index (χ1v) is 6.61. The Labute approximate surface area is 109 Å². The van der Waals surface area contributed by atoms with E-state index in [9.17, 15) is 0 Å². The summed E-state index contributed by atoms with van der Waals surface area (Å²) in [5.74, 6) is 2.28. The van der Waals surface area contributed by atoms with Gasteiger partial charge < -0.3 is 14.8 Å². The van der Waals surface area contributed by atoms with Crippen molar-refractivity contribution in [2.24, 2.45) is 5.92 Å². The lowest BCUT2D eigenvalue weighted by Gasteiger charge is -2.35. The maximum absolute atomic E-state index is 5.56. The molecule has 1 aliphatic rings. The Hall–Kier alpha value is -1.22. The number of hydrogen-bond acceptors (Lipinski definition) is 3. The Kier molecular flexibility index (Phi) is 3.81. The molecule has 1 aromatic carbocycles. The van der Waals surface area contributed by atoms with Gasteiger partial charge in [-0.1, -0.05) is 13.8 Å². The summed E-state index contributed by atoms with van der Waals surface area (Å²) < 4.78 is 10.8. The molecule has 3 nitrogen and oxygen atoms in total. The van der Waals surface area contributed by atoms with Crippen LogP contribution in [0, 0.1) is 5.92 Å². The number of rotatable bonds is 4. The van der Waals surface area contributed by atoms with Gasteiger partial charge in [0.05, 0.1) is 14.2 Å². The summed E-state index contributed by atoms with van der Waals surface area (Å²) in [4.78, 5) is 0. The number of ether oxygens (including phenoxy) is 2. The van der Waals surface area contributed by atoms with E-state index in [1.807, 2.05) is 12.1 Å². The minimum absolute atomic E-state index is 0.0393. The second-order valence-electron chi connectivity index (χ2n) is 5.22. The molecule has 0 spiro atoms. The first-order chi connectivity index (χ1) is 8.64. The normalized spacial score (nSPS) is 23.4. The third kappa shape index (κ3) is 2.07. The van der Waals surface area contributed by atoms with Gasteiger partial charge in [-0.2, -0.15) is 0 Å². The van der Waals surface area contributed by atoms with Gasteiger partial charge in [0.15, 0.2) is 0 Å². The molecular formula is C15H23NO2. The molecule has 1 heterocycles. The summed E-state index contributed by atoms with van der Waals surface area (Å²) >= 11 is 0. The first-order valence-electron chi connectivity index (χ1n) is 6.61. The summed E-state index contributed by atoms with van der Waals surface area (Å²) in [5.41, 5.74) is 1.29. The van der Waals surface area contributed by atoms with Crippen molar-refractivity contribution >= 4 is 0 Å². The average molecular weight is 249 g/mol. The molecule has 0 saturated carbocycles. The summed E-state index contributed by atoms with van der Waals surface area (Å²) in [7, 11) is 3.40. The van der Waals surface area contributed by atoms with Crippen LogP contribution >= 0.6 is 0 Å². The number of nitrogens with one attached hydrogen (secondary N) is 1. The smallest absolute Gasteiger partial charge is 0.127 e. The Morgan fingerprint density at radius 3 is 2.50 bits per heavy atom. The fraction of sp³-hybridized carbons (Fsp3) is 0.600. The highest BCUT2D eigenvalue weighted by molar-refractivity contribution is 5.45. The van der Waals surface area contributed by atoms with Gasteiger partial charge in [-0.15, -0.1) is 0 Å². The van der Waals surface area contributed by atoms with Gasteiger partial charge in [0.25, 0.3) is 0 Å². The molecule has 0 bridgehead atoms. The van der Waals surface area contributed by atoms with Crippen LogP contribution in [0.1, 0.15) is 32.3 Å². The van der Waals surface area contributed by atoms with Gasteiger partial charge in [-0.05, 0) is 37.4 Å². The van der Waals surface area contributed by atoms with E-state index in [0.717, 1.165) is 24.5 Å². The van der Waals surface area contributed by atoms with Crippen LogP contribution in [0.25, 0.3) is 0 Å². The fourth-order valence-corrected chi connectivity index (χ4v) is 2.97. The molecule has 18 heavy (non-hydrogen) atoms. The Bertz CT molecular complexity index is 409. The Morgan fingerprint density at radius 1 is 1.22 bits per heavy atom. The molecule has 0 aliphatic carbocycles. The van der Waals surface area contributed by atoms with Gasteiger partial charge >= 0.3 is 0 Å². The molecule has 1 aromatic rings. The Morgan fingerprint density at radius 2 is 2.00 bits per heavy atom. The van der Waals surface area contributed by atoms with E-state index in [2.05, 4.69) is 25.2 Å². The second-order valence-corrected chi connectivity index (χ2v) is 5.22. The van der Waals surface area contributed by atoms with E-state index >= 15 is 0 Å². The molecule has 3 heteroatoms. The quantitative estimate of drug-likeness (QED) is 0.890. The van der Waals surface area contributed by atoms with Crippen LogP contribution in [0.2, 0.25) is 0 Å². The van der Waals surface area contributed by atoms with E-state index in [0.29, 0.717) is 5.92 Å². The number of methoxy groups -OCH3 is 2. The summed E-state index contributed by atoms with van der Waals surface area (Å²) in [6.45, 7) is 5.61. The van der Waals surface area contributed by atoms with Gasteiger partial charge in [-0.3, -0.25) is 0 Å². The van der Waals surface area contributed by atoms with Crippen molar-refractivity contribution in [3.63, 3.8) is 0 Å². The maximum Gasteiger partial charge on any atom is 0.127 e. The second kappa shape index (κ2) is 5.19. The summed E-state index contributed by atoms with van der Waals surface area (Å²) in [6, 6.07) is 6.12. The lowest BCUT2D eigenvalue weighted by Crippen LogP contribution is -2.42. The van der Waals surface area contributed by atoms with Crippen LogP contribution in [0.4, 0.5) is 0 Å². The molecule has 1 unspecified atom stereocenters. The highest BCUT2D eigenvalue weighted by Gasteiger charge is 2.40. The van der Waals surface area contributed by atoms with Crippen molar-refractivity contribution in [1.82, 2.24) is 5.32 Å². The number of benzene rings is 1. The molecule has 0 amide bonds. The van der Waals surface area contributed by atoms with Crippen LogP contribution in [-0.2, 0) is 5.54 Å². The molecule has 0 radical (unpaired) electrons. The standard InChI is InChI=1S/C15H23NO2/c1-11(2)15(8-5-9-16-15)13-7-6-12(17-3)10-14(13)18-4/h6-7,10-11,16H,5,8-9H2,1-4H3. The van der Waals surface area contributed by atoms with E-state index in [1.165, 1.54) is 12.0 Å². The predicted octanol–water partition coefficient (Wildman–Crippen LogP) is 2.94.